The van der Waals surface area contributed by atoms with Gasteiger partial charge in [-0.1, -0.05) is 18.2 Å². The molecule has 0 saturated heterocycles. The highest BCUT2D eigenvalue weighted by atomic mass is 16.5. The van der Waals surface area contributed by atoms with Crippen LogP contribution >= 0.6 is 0 Å². The molecule has 0 aromatic heterocycles. The highest BCUT2D eigenvalue weighted by molar-refractivity contribution is 6.02. The average Bonchev–Trinajstić information content (AvgIpc) is 2.78. The largest absolute Gasteiger partial charge is 0.494 e. The van der Waals surface area contributed by atoms with E-state index in [0.29, 0.717) is 30.9 Å². The summed E-state index contributed by atoms with van der Waals surface area (Å²) in [5.41, 5.74) is 3.44. The lowest BCUT2D eigenvalue weighted by molar-refractivity contribution is -0.122. The second kappa shape index (κ2) is 8.84. The van der Waals surface area contributed by atoms with Crippen LogP contribution in [0.4, 0.5) is 0 Å². The first-order chi connectivity index (χ1) is 15.0. The zero-order valence-corrected chi connectivity index (χ0v) is 18.1. The molecule has 4 rings (SSSR count). The van der Waals surface area contributed by atoms with Crippen LogP contribution in [-0.4, -0.2) is 32.5 Å². The monoisotopic (exact) mass is 421 g/mol. The van der Waals surface area contributed by atoms with Crippen LogP contribution in [0.15, 0.2) is 53.7 Å². The van der Waals surface area contributed by atoms with Gasteiger partial charge in [-0.15, -0.1) is 0 Å². The lowest BCUT2D eigenvalue weighted by Gasteiger charge is -2.34. The third-order valence-electron chi connectivity index (χ3n) is 6.01. The fourth-order valence-corrected chi connectivity index (χ4v) is 4.55. The lowest BCUT2D eigenvalue weighted by Crippen LogP contribution is -2.38. The summed E-state index contributed by atoms with van der Waals surface area (Å²) in [5, 5.41) is 2.97. The van der Waals surface area contributed by atoms with Crippen molar-refractivity contribution in [3.63, 3.8) is 0 Å². The van der Waals surface area contributed by atoms with Crippen LogP contribution < -0.4 is 19.5 Å². The minimum absolute atomic E-state index is 0.0227. The van der Waals surface area contributed by atoms with Gasteiger partial charge in [-0.25, -0.2) is 0 Å². The maximum atomic E-state index is 13.3. The third kappa shape index (κ3) is 4.15. The Labute approximate surface area is 182 Å². The first-order valence-electron chi connectivity index (χ1n) is 10.5. The quantitative estimate of drug-likeness (QED) is 0.760. The summed E-state index contributed by atoms with van der Waals surface area (Å²) in [5.74, 6) is 1.84. The van der Waals surface area contributed by atoms with E-state index in [1.165, 1.54) is 0 Å². The van der Waals surface area contributed by atoms with Crippen molar-refractivity contribution in [3.05, 3.63) is 64.9 Å². The molecule has 6 nitrogen and oxygen atoms in total. The van der Waals surface area contributed by atoms with Gasteiger partial charge in [-0.3, -0.25) is 9.59 Å². The van der Waals surface area contributed by atoms with E-state index < -0.39 is 0 Å². The van der Waals surface area contributed by atoms with Crippen LogP contribution in [-0.2, 0) is 9.59 Å². The van der Waals surface area contributed by atoms with Gasteiger partial charge in [-0.05, 0) is 54.7 Å². The van der Waals surface area contributed by atoms with Crippen molar-refractivity contribution < 1.29 is 23.8 Å². The zero-order chi connectivity index (χ0) is 22.0. The number of methoxy groups -OCH3 is 2. The van der Waals surface area contributed by atoms with Crippen LogP contribution in [0.2, 0.25) is 0 Å². The number of allylic oxidation sites excluding steroid dienone is 2. The molecular weight excluding hydrogens is 394 g/mol. The van der Waals surface area contributed by atoms with Gasteiger partial charge >= 0.3 is 0 Å². The van der Waals surface area contributed by atoms with Crippen molar-refractivity contribution in [3.8, 4) is 17.2 Å². The summed E-state index contributed by atoms with van der Waals surface area (Å²) >= 11 is 0. The van der Waals surface area contributed by atoms with Crippen LogP contribution in [0.1, 0.15) is 49.1 Å². The van der Waals surface area contributed by atoms with Gasteiger partial charge < -0.3 is 19.5 Å². The fraction of sp³-hybridized carbons (Fsp3) is 0.360. The molecule has 2 aromatic rings. The van der Waals surface area contributed by atoms with Crippen molar-refractivity contribution in [1.29, 1.82) is 0 Å². The summed E-state index contributed by atoms with van der Waals surface area (Å²) in [6.07, 6.45) is 1.28. The first kappa shape index (κ1) is 21.0. The van der Waals surface area contributed by atoms with Gasteiger partial charge in [0.15, 0.2) is 17.3 Å². The zero-order valence-electron chi connectivity index (χ0n) is 18.1. The Morgan fingerprint density at radius 3 is 2.29 bits per heavy atom. The molecule has 31 heavy (non-hydrogen) atoms. The van der Waals surface area contributed by atoms with Gasteiger partial charge in [0, 0.05) is 30.0 Å². The highest BCUT2D eigenvalue weighted by Gasteiger charge is 2.38. The molecule has 0 radical (unpaired) electrons. The van der Waals surface area contributed by atoms with E-state index in [2.05, 4.69) is 5.32 Å². The van der Waals surface area contributed by atoms with Gasteiger partial charge in [-0.2, -0.15) is 0 Å². The normalized spacial score (nSPS) is 20.7. The molecular formula is C25H27NO5. The van der Waals surface area contributed by atoms with Gasteiger partial charge in [0.25, 0.3) is 0 Å². The third-order valence-corrected chi connectivity index (χ3v) is 6.01. The number of carbonyl (C=O) groups is 2. The summed E-state index contributed by atoms with van der Waals surface area (Å²) in [4.78, 5) is 25.7. The number of hydrogen-bond donors (Lipinski definition) is 1. The van der Waals surface area contributed by atoms with Crippen molar-refractivity contribution in [1.82, 2.24) is 5.32 Å². The minimum Gasteiger partial charge on any atom is -0.494 e. The number of nitrogens with one attached hydrogen (secondary N) is 1. The molecule has 0 bridgehead atoms. The minimum atomic E-state index is -0.224. The molecule has 0 unspecified atom stereocenters. The second-order valence-electron chi connectivity index (χ2n) is 7.84. The second-order valence-corrected chi connectivity index (χ2v) is 7.84. The van der Waals surface area contributed by atoms with Crippen molar-refractivity contribution in [2.75, 3.05) is 20.8 Å². The van der Waals surface area contributed by atoms with Crippen molar-refractivity contribution in [2.45, 2.75) is 38.0 Å². The van der Waals surface area contributed by atoms with Gasteiger partial charge in [0.05, 0.1) is 20.8 Å². The molecule has 1 amide bonds. The predicted molar refractivity (Wildman–Crippen MR) is 117 cm³/mol. The van der Waals surface area contributed by atoms with Crippen LogP contribution in [0, 0.1) is 0 Å². The van der Waals surface area contributed by atoms with Crippen LogP contribution in [0.25, 0.3) is 0 Å². The molecule has 2 atom stereocenters. The molecule has 1 aliphatic carbocycles. The maximum absolute atomic E-state index is 13.3. The number of Topliss-reactive ketones (excluding diaryl/α,β-unsaturated/α-hetero) is 1. The molecule has 2 aromatic carbocycles. The Hall–Kier alpha value is -3.28. The Kier molecular flexibility index (Phi) is 5.98. The Bertz CT molecular complexity index is 1020. The highest BCUT2D eigenvalue weighted by Crippen LogP contribution is 2.44. The molecule has 1 aliphatic heterocycles. The molecule has 2 aliphatic rings. The number of hydrogen-bond acceptors (Lipinski definition) is 5. The van der Waals surface area contributed by atoms with Crippen LogP contribution in [0.3, 0.4) is 0 Å². The van der Waals surface area contributed by atoms with E-state index in [0.717, 1.165) is 28.1 Å². The number of ether oxygens (including phenoxy) is 3. The van der Waals surface area contributed by atoms with Gasteiger partial charge in [0.2, 0.25) is 5.91 Å². The predicted octanol–water partition coefficient (Wildman–Crippen LogP) is 4.11. The molecule has 0 spiro atoms. The summed E-state index contributed by atoms with van der Waals surface area (Å²) in [7, 11) is 3.19. The summed E-state index contributed by atoms with van der Waals surface area (Å²) < 4.78 is 16.3. The smallest absolute Gasteiger partial charge is 0.225 e. The summed E-state index contributed by atoms with van der Waals surface area (Å²) in [6, 6.07) is 13.4. The van der Waals surface area contributed by atoms with E-state index in [4.69, 9.17) is 14.2 Å². The van der Waals surface area contributed by atoms with E-state index in [9.17, 15) is 9.59 Å². The van der Waals surface area contributed by atoms with E-state index in [-0.39, 0.29) is 29.9 Å². The standard InChI is InChI=1S/C25H27NO5/c1-4-31-18-8-5-15(6-9-18)19-14-24(28)26-20-11-17(12-21(27)25(19)20)16-7-10-22(29-2)23(13-16)30-3/h5-10,13,17,19H,4,11-12,14H2,1-3H3,(H,26,28)/t17-,19-/m1/s1. The number of carbonyl (C=O) groups excluding carboxylic acids is 2. The van der Waals surface area contributed by atoms with Gasteiger partial charge in [0.1, 0.15) is 5.75 Å². The number of benzene rings is 2. The Morgan fingerprint density at radius 2 is 1.61 bits per heavy atom. The number of amides is 1. The van der Waals surface area contributed by atoms with E-state index in [1.807, 2.05) is 49.4 Å². The maximum Gasteiger partial charge on any atom is 0.225 e. The molecule has 162 valence electrons. The number of ketones is 1. The fourth-order valence-electron chi connectivity index (χ4n) is 4.55. The lowest BCUT2D eigenvalue weighted by atomic mass is 9.73. The topological polar surface area (TPSA) is 73.9 Å². The van der Waals surface area contributed by atoms with Crippen molar-refractivity contribution >= 4 is 11.7 Å². The average molecular weight is 421 g/mol. The Balaban J connectivity index is 1.65. The van der Waals surface area contributed by atoms with E-state index in [1.54, 1.807) is 14.2 Å². The molecule has 1 N–H and O–H groups in total. The van der Waals surface area contributed by atoms with Crippen LogP contribution in [0.5, 0.6) is 17.2 Å². The molecule has 0 saturated carbocycles. The first-order valence-corrected chi connectivity index (χ1v) is 10.5. The molecule has 0 fully saturated rings. The van der Waals surface area contributed by atoms with E-state index >= 15 is 0 Å². The SMILES string of the molecule is CCOc1ccc([C@H]2CC(=O)NC3=C2C(=O)C[C@H](c2ccc(OC)c(OC)c2)C3)cc1. The Morgan fingerprint density at radius 1 is 0.903 bits per heavy atom. The summed E-state index contributed by atoms with van der Waals surface area (Å²) in [6.45, 7) is 2.53. The molecule has 1 heterocycles. The van der Waals surface area contributed by atoms with Crippen molar-refractivity contribution in [2.24, 2.45) is 0 Å². The molecule has 6 heteroatoms. The number of rotatable bonds is 6.